The van der Waals surface area contributed by atoms with Gasteiger partial charge >= 0.3 is 0 Å². The highest BCUT2D eigenvalue weighted by Crippen LogP contribution is 2.23. The van der Waals surface area contributed by atoms with Crippen LogP contribution in [0.1, 0.15) is 49.9 Å². The van der Waals surface area contributed by atoms with E-state index in [1.807, 2.05) is 0 Å². The molecule has 2 heteroatoms. The van der Waals surface area contributed by atoms with Crippen molar-refractivity contribution in [2.75, 3.05) is 6.54 Å². The zero-order valence-electron chi connectivity index (χ0n) is 12.5. The van der Waals surface area contributed by atoms with Gasteiger partial charge in [0.2, 0.25) is 0 Å². The molecule has 0 amide bonds. The second-order valence-corrected chi connectivity index (χ2v) is 5.53. The zero-order chi connectivity index (χ0) is 13.8. The molecular weight excluding hydrogens is 232 g/mol. The van der Waals surface area contributed by atoms with Crippen LogP contribution >= 0.6 is 0 Å². The minimum absolute atomic E-state index is 0.558. The molecular formula is C17H24N2. The molecule has 0 bridgehead atoms. The van der Waals surface area contributed by atoms with E-state index in [0.29, 0.717) is 5.92 Å². The number of hydrogen-bond acceptors (Lipinski definition) is 2. The highest BCUT2D eigenvalue weighted by molar-refractivity contribution is 5.83. The van der Waals surface area contributed by atoms with Crippen molar-refractivity contribution >= 4 is 10.9 Å². The lowest BCUT2D eigenvalue weighted by Gasteiger charge is -2.12. The van der Waals surface area contributed by atoms with Crippen molar-refractivity contribution in [3.63, 3.8) is 0 Å². The molecule has 102 valence electrons. The SMILES string of the molecule is CCCNCc1cc(C)nc2ccc(C(C)C)cc12. The molecule has 1 aromatic heterocycles. The van der Waals surface area contributed by atoms with Crippen LogP contribution in [0.3, 0.4) is 0 Å². The van der Waals surface area contributed by atoms with E-state index in [1.165, 1.54) is 22.9 Å². The first-order valence-electron chi connectivity index (χ1n) is 7.22. The Morgan fingerprint density at radius 2 is 2.00 bits per heavy atom. The molecule has 1 N–H and O–H groups in total. The minimum atomic E-state index is 0.558. The molecule has 0 fully saturated rings. The molecule has 0 aliphatic heterocycles. The van der Waals surface area contributed by atoms with Crippen LogP contribution in [0.5, 0.6) is 0 Å². The lowest BCUT2D eigenvalue weighted by molar-refractivity contribution is 0.677. The third-order valence-corrected chi connectivity index (χ3v) is 3.46. The first kappa shape index (κ1) is 14.0. The fraction of sp³-hybridized carbons (Fsp3) is 0.471. The summed E-state index contributed by atoms with van der Waals surface area (Å²) in [6, 6.07) is 8.86. The quantitative estimate of drug-likeness (QED) is 0.812. The summed E-state index contributed by atoms with van der Waals surface area (Å²) in [7, 11) is 0. The highest BCUT2D eigenvalue weighted by Gasteiger charge is 2.07. The van der Waals surface area contributed by atoms with Crippen molar-refractivity contribution in [2.24, 2.45) is 0 Å². The Kier molecular flexibility index (Phi) is 4.54. The van der Waals surface area contributed by atoms with Gasteiger partial charge < -0.3 is 5.32 Å². The van der Waals surface area contributed by atoms with Crippen LogP contribution < -0.4 is 5.32 Å². The Hall–Kier alpha value is -1.41. The van der Waals surface area contributed by atoms with Crippen LogP contribution in [0.15, 0.2) is 24.3 Å². The Labute approximate surface area is 116 Å². The van der Waals surface area contributed by atoms with E-state index in [2.05, 4.69) is 62.3 Å². The molecule has 0 aliphatic rings. The number of nitrogens with zero attached hydrogens (tertiary/aromatic N) is 1. The molecule has 0 saturated heterocycles. The number of benzene rings is 1. The largest absolute Gasteiger partial charge is 0.313 e. The van der Waals surface area contributed by atoms with Gasteiger partial charge in [0.1, 0.15) is 0 Å². The van der Waals surface area contributed by atoms with Gasteiger partial charge in [-0.15, -0.1) is 0 Å². The first-order chi connectivity index (χ1) is 9.11. The molecule has 1 heterocycles. The smallest absolute Gasteiger partial charge is 0.0708 e. The Balaban J connectivity index is 2.43. The van der Waals surface area contributed by atoms with Crippen LogP contribution in [0.4, 0.5) is 0 Å². The average molecular weight is 256 g/mol. The van der Waals surface area contributed by atoms with Gasteiger partial charge in [0.05, 0.1) is 5.52 Å². The number of nitrogens with one attached hydrogen (secondary N) is 1. The van der Waals surface area contributed by atoms with E-state index in [0.717, 1.165) is 24.3 Å². The van der Waals surface area contributed by atoms with E-state index >= 15 is 0 Å². The second-order valence-electron chi connectivity index (χ2n) is 5.53. The normalized spacial score (nSPS) is 11.4. The van der Waals surface area contributed by atoms with Gasteiger partial charge in [0, 0.05) is 17.6 Å². The number of fused-ring (bicyclic) bond motifs is 1. The van der Waals surface area contributed by atoms with Gasteiger partial charge in [-0.2, -0.15) is 0 Å². The molecule has 0 unspecified atom stereocenters. The monoisotopic (exact) mass is 256 g/mol. The van der Waals surface area contributed by atoms with E-state index in [-0.39, 0.29) is 0 Å². The summed E-state index contributed by atoms with van der Waals surface area (Å²) in [6.45, 7) is 10.7. The maximum atomic E-state index is 4.64. The van der Waals surface area contributed by atoms with E-state index in [9.17, 15) is 0 Å². The fourth-order valence-electron chi connectivity index (χ4n) is 2.37. The number of pyridine rings is 1. The Bertz CT molecular complexity index is 558. The lowest BCUT2D eigenvalue weighted by Crippen LogP contribution is -2.14. The van der Waals surface area contributed by atoms with Crippen molar-refractivity contribution < 1.29 is 0 Å². The number of rotatable bonds is 5. The molecule has 2 rings (SSSR count). The Morgan fingerprint density at radius 3 is 2.68 bits per heavy atom. The van der Waals surface area contributed by atoms with Crippen molar-refractivity contribution in [1.29, 1.82) is 0 Å². The summed E-state index contributed by atoms with van der Waals surface area (Å²) in [4.78, 5) is 4.64. The van der Waals surface area contributed by atoms with Gasteiger partial charge in [0.15, 0.2) is 0 Å². The predicted molar refractivity (Wildman–Crippen MR) is 82.6 cm³/mol. The topological polar surface area (TPSA) is 24.9 Å². The second kappa shape index (κ2) is 6.16. The maximum Gasteiger partial charge on any atom is 0.0708 e. The lowest BCUT2D eigenvalue weighted by atomic mass is 9.98. The number of aryl methyl sites for hydroxylation is 1. The van der Waals surface area contributed by atoms with Gasteiger partial charge in [0.25, 0.3) is 0 Å². The van der Waals surface area contributed by atoms with Gasteiger partial charge in [-0.3, -0.25) is 4.98 Å². The molecule has 0 saturated carbocycles. The average Bonchev–Trinajstić information content (AvgIpc) is 2.38. The number of hydrogen-bond donors (Lipinski definition) is 1. The van der Waals surface area contributed by atoms with Gasteiger partial charge in [-0.1, -0.05) is 26.8 Å². The van der Waals surface area contributed by atoms with Crippen LogP contribution in [-0.4, -0.2) is 11.5 Å². The molecule has 0 aliphatic carbocycles. The standard InChI is InChI=1S/C17H24N2/c1-5-8-18-11-15-9-13(4)19-17-7-6-14(12(2)3)10-16(15)17/h6-7,9-10,12,18H,5,8,11H2,1-4H3. The summed E-state index contributed by atoms with van der Waals surface area (Å²) in [5, 5.41) is 4.78. The molecule has 2 aromatic rings. The van der Waals surface area contributed by atoms with Crippen LogP contribution in [0.25, 0.3) is 10.9 Å². The van der Waals surface area contributed by atoms with Crippen molar-refractivity contribution in [3.05, 3.63) is 41.1 Å². The first-order valence-corrected chi connectivity index (χ1v) is 7.22. The summed E-state index contributed by atoms with van der Waals surface area (Å²) in [5.41, 5.74) is 4.95. The highest BCUT2D eigenvalue weighted by atomic mass is 14.8. The van der Waals surface area contributed by atoms with Crippen molar-refractivity contribution in [1.82, 2.24) is 10.3 Å². The molecule has 19 heavy (non-hydrogen) atoms. The zero-order valence-corrected chi connectivity index (χ0v) is 12.5. The molecule has 0 atom stereocenters. The van der Waals surface area contributed by atoms with E-state index < -0.39 is 0 Å². The molecule has 0 spiro atoms. The fourth-order valence-corrected chi connectivity index (χ4v) is 2.37. The van der Waals surface area contributed by atoms with Crippen molar-refractivity contribution in [2.45, 2.75) is 46.6 Å². The molecule has 0 radical (unpaired) electrons. The van der Waals surface area contributed by atoms with E-state index in [4.69, 9.17) is 0 Å². The van der Waals surface area contributed by atoms with Crippen LogP contribution in [-0.2, 0) is 6.54 Å². The summed E-state index contributed by atoms with van der Waals surface area (Å²) >= 11 is 0. The van der Waals surface area contributed by atoms with E-state index in [1.54, 1.807) is 0 Å². The van der Waals surface area contributed by atoms with Crippen molar-refractivity contribution in [3.8, 4) is 0 Å². The maximum absolute atomic E-state index is 4.64. The third kappa shape index (κ3) is 3.32. The summed E-state index contributed by atoms with van der Waals surface area (Å²) in [5.74, 6) is 0.558. The third-order valence-electron chi connectivity index (χ3n) is 3.46. The van der Waals surface area contributed by atoms with Gasteiger partial charge in [-0.05, 0) is 55.1 Å². The van der Waals surface area contributed by atoms with Crippen LogP contribution in [0, 0.1) is 6.92 Å². The summed E-state index contributed by atoms with van der Waals surface area (Å²) < 4.78 is 0. The predicted octanol–water partition coefficient (Wildman–Crippen LogP) is 4.17. The minimum Gasteiger partial charge on any atom is -0.313 e. The molecule has 2 nitrogen and oxygen atoms in total. The Morgan fingerprint density at radius 1 is 1.21 bits per heavy atom. The summed E-state index contributed by atoms with van der Waals surface area (Å²) in [6.07, 6.45) is 1.17. The molecule has 1 aromatic carbocycles. The van der Waals surface area contributed by atoms with Gasteiger partial charge in [-0.25, -0.2) is 0 Å². The van der Waals surface area contributed by atoms with Crippen LogP contribution in [0.2, 0.25) is 0 Å². The number of aromatic nitrogens is 1.